The van der Waals surface area contributed by atoms with Crippen LogP contribution in [-0.2, 0) is 16.0 Å². The molecule has 2 amide bonds. The highest BCUT2D eigenvalue weighted by Gasteiger charge is 2.33. The summed E-state index contributed by atoms with van der Waals surface area (Å²) < 4.78 is 5.25. The van der Waals surface area contributed by atoms with E-state index in [1.54, 1.807) is 6.92 Å². The van der Waals surface area contributed by atoms with Gasteiger partial charge >= 0.3 is 0 Å². The topological polar surface area (TPSA) is 79.5 Å². The van der Waals surface area contributed by atoms with Gasteiger partial charge in [0.2, 0.25) is 17.7 Å². The number of carbonyl (C=O) groups excluding carboxylic acids is 2. The molecule has 0 bridgehead atoms. The minimum absolute atomic E-state index is 0.0442. The molecule has 0 N–H and O–H groups in total. The lowest BCUT2D eigenvalue weighted by Crippen LogP contribution is -2.52. The second kappa shape index (κ2) is 8.85. The molecule has 1 unspecified atom stereocenters. The van der Waals surface area contributed by atoms with Crippen molar-refractivity contribution in [1.29, 1.82) is 0 Å². The molecule has 1 atom stereocenters. The third-order valence-electron chi connectivity index (χ3n) is 5.81. The fourth-order valence-electron chi connectivity index (χ4n) is 4.26. The summed E-state index contributed by atoms with van der Waals surface area (Å²) >= 11 is 0. The lowest BCUT2D eigenvalue weighted by molar-refractivity contribution is -0.141. The molecule has 2 heterocycles. The number of rotatable bonds is 6. The minimum Gasteiger partial charge on any atom is -0.340 e. The van der Waals surface area contributed by atoms with Crippen LogP contribution in [0.15, 0.2) is 4.52 Å². The van der Waals surface area contributed by atoms with Crippen molar-refractivity contribution in [3.63, 3.8) is 0 Å². The van der Waals surface area contributed by atoms with E-state index < -0.39 is 0 Å². The molecule has 7 heteroatoms. The molecule has 1 saturated carbocycles. The molecule has 7 nitrogen and oxygen atoms in total. The van der Waals surface area contributed by atoms with Crippen molar-refractivity contribution in [2.75, 3.05) is 19.6 Å². The molecule has 1 saturated heterocycles. The number of nitrogens with zero attached hydrogens (tertiary/aromatic N) is 4. The first-order valence-electron chi connectivity index (χ1n) is 10.3. The summed E-state index contributed by atoms with van der Waals surface area (Å²) in [5.74, 6) is 2.00. The number of carbonyl (C=O) groups is 2. The molecular formula is C20H32N4O3. The van der Waals surface area contributed by atoms with Crippen molar-refractivity contribution < 1.29 is 14.1 Å². The molecular weight excluding hydrogens is 344 g/mol. The normalized spacial score (nSPS) is 21.0. The highest BCUT2D eigenvalue weighted by Crippen LogP contribution is 2.28. The average Bonchev–Trinajstić information content (AvgIpc) is 3.33. The first-order valence-corrected chi connectivity index (χ1v) is 10.3. The second-order valence-corrected chi connectivity index (χ2v) is 8.23. The number of hydrogen-bond acceptors (Lipinski definition) is 5. The van der Waals surface area contributed by atoms with Crippen LogP contribution in [0, 0.1) is 5.92 Å². The lowest BCUT2D eigenvalue weighted by Gasteiger charge is -2.39. The quantitative estimate of drug-likeness (QED) is 0.763. The SMILES string of the molecule is CC(=O)N(CCc1noc(C(C)C)n1)C1CCCN(C(=O)C2CCCC2)C1. The van der Waals surface area contributed by atoms with Gasteiger partial charge in [0.05, 0.1) is 0 Å². The summed E-state index contributed by atoms with van der Waals surface area (Å²) in [6, 6.07) is 0.0815. The molecule has 1 aliphatic heterocycles. The molecule has 0 spiro atoms. The second-order valence-electron chi connectivity index (χ2n) is 8.23. The van der Waals surface area contributed by atoms with E-state index in [0.717, 1.165) is 45.1 Å². The molecule has 150 valence electrons. The number of piperidine rings is 1. The van der Waals surface area contributed by atoms with Gasteiger partial charge in [0.15, 0.2) is 5.82 Å². The van der Waals surface area contributed by atoms with Gasteiger partial charge in [0, 0.05) is 50.9 Å². The van der Waals surface area contributed by atoms with Crippen LogP contribution in [0.3, 0.4) is 0 Å². The Morgan fingerprint density at radius 2 is 1.96 bits per heavy atom. The van der Waals surface area contributed by atoms with Crippen molar-refractivity contribution in [2.45, 2.75) is 77.7 Å². The van der Waals surface area contributed by atoms with Crippen LogP contribution in [0.25, 0.3) is 0 Å². The maximum Gasteiger partial charge on any atom is 0.229 e. The van der Waals surface area contributed by atoms with Crippen molar-refractivity contribution in [3.8, 4) is 0 Å². The van der Waals surface area contributed by atoms with Crippen LogP contribution in [0.5, 0.6) is 0 Å². The van der Waals surface area contributed by atoms with E-state index in [0.29, 0.717) is 37.1 Å². The predicted molar refractivity (Wildman–Crippen MR) is 101 cm³/mol. The standard InChI is InChI=1S/C20H32N4O3/c1-14(2)19-21-18(22-27-19)10-12-24(15(3)25)17-9-6-11-23(13-17)20(26)16-7-4-5-8-16/h14,16-17H,4-13H2,1-3H3. The summed E-state index contributed by atoms with van der Waals surface area (Å²) in [7, 11) is 0. The van der Waals surface area contributed by atoms with E-state index in [-0.39, 0.29) is 23.8 Å². The minimum atomic E-state index is 0.0442. The zero-order valence-electron chi connectivity index (χ0n) is 16.8. The molecule has 27 heavy (non-hydrogen) atoms. The maximum absolute atomic E-state index is 12.8. The Morgan fingerprint density at radius 3 is 2.59 bits per heavy atom. The van der Waals surface area contributed by atoms with Crippen LogP contribution in [-0.4, -0.2) is 57.4 Å². The van der Waals surface area contributed by atoms with Gasteiger partial charge in [-0.05, 0) is 25.7 Å². The highest BCUT2D eigenvalue weighted by atomic mass is 16.5. The fraction of sp³-hybridized carbons (Fsp3) is 0.800. The Bertz CT molecular complexity index is 651. The van der Waals surface area contributed by atoms with Crippen molar-refractivity contribution in [3.05, 3.63) is 11.7 Å². The lowest BCUT2D eigenvalue weighted by atomic mass is 10.00. The van der Waals surface area contributed by atoms with Gasteiger partial charge in [-0.25, -0.2) is 0 Å². The Kier molecular flexibility index (Phi) is 6.50. The number of aromatic nitrogens is 2. The number of likely N-dealkylation sites (tertiary alicyclic amines) is 1. The van der Waals surface area contributed by atoms with Crippen LogP contribution >= 0.6 is 0 Å². The summed E-state index contributed by atoms with van der Waals surface area (Å²) in [6.45, 7) is 7.66. The van der Waals surface area contributed by atoms with Crippen molar-refractivity contribution in [1.82, 2.24) is 19.9 Å². The molecule has 3 rings (SSSR count). The largest absolute Gasteiger partial charge is 0.340 e. The van der Waals surface area contributed by atoms with Crippen LogP contribution < -0.4 is 0 Å². The monoisotopic (exact) mass is 376 g/mol. The van der Waals surface area contributed by atoms with Gasteiger partial charge < -0.3 is 14.3 Å². The summed E-state index contributed by atoms with van der Waals surface area (Å²) in [4.78, 5) is 33.3. The Balaban J connectivity index is 1.59. The van der Waals surface area contributed by atoms with E-state index in [4.69, 9.17) is 4.52 Å². The van der Waals surface area contributed by atoms with E-state index in [1.165, 1.54) is 0 Å². The molecule has 1 aliphatic carbocycles. The van der Waals surface area contributed by atoms with Gasteiger partial charge in [-0.3, -0.25) is 9.59 Å². The van der Waals surface area contributed by atoms with E-state index >= 15 is 0 Å². The molecule has 1 aromatic heterocycles. The summed E-state index contributed by atoms with van der Waals surface area (Å²) in [5.41, 5.74) is 0. The smallest absolute Gasteiger partial charge is 0.229 e. The zero-order valence-corrected chi connectivity index (χ0v) is 16.8. The van der Waals surface area contributed by atoms with E-state index in [2.05, 4.69) is 10.1 Å². The van der Waals surface area contributed by atoms with Crippen LogP contribution in [0.4, 0.5) is 0 Å². The molecule has 1 aromatic rings. The average molecular weight is 377 g/mol. The molecule has 2 aliphatic rings. The Morgan fingerprint density at radius 1 is 1.22 bits per heavy atom. The summed E-state index contributed by atoms with van der Waals surface area (Å²) in [6.07, 6.45) is 6.83. The van der Waals surface area contributed by atoms with Gasteiger partial charge in [-0.15, -0.1) is 0 Å². The highest BCUT2D eigenvalue weighted by molar-refractivity contribution is 5.79. The fourth-order valence-corrected chi connectivity index (χ4v) is 4.26. The van der Waals surface area contributed by atoms with Gasteiger partial charge in [-0.1, -0.05) is 31.8 Å². The van der Waals surface area contributed by atoms with E-state index in [1.807, 2.05) is 23.6 Å². The number of hydrogen-bond donors (Lipinski definition) is 0. The van der Waals surface area contributed by atoms with Crippen molar-refractivity contribution >= 4 is 11.8 Å². The third-order valence-corrected chi connectivity index (χ3v) is 5.81. The van der Waals surface area contributed by atoms with Gasteiger partial charge in [0.25, 0.3) is 0 Å². The maximum atomic E-state index is 12.8. The Hall–Kier alpha value is -1.92. The van der Waals surface area contributed by atoms with Crippen LogP contribution in [0.1, 0.15) is 76.9 Å². The number of amides is 2. The Labute approximate surface area is 161 Å². The predicted octanol–water partition coefficient (Wildman–Crippen LogP) is 2.77. The molecule has 0 aromatic carbocycles. The molecule has 2 fully saturated rings. The van der Waals surface area contributed by atoms with Crippen LogP contribution in [0.2, 0.25) is 0 Å². The van der Waals surface area contributed by atoms with Gasteiger partial charge in [0.1, 0.15) is 0 Å². The summed E-state index contributed by atoms with van der Waals surface area (Å²) in [5, 5.41) is 4.02. The zero-order chi connectivity index (χ0) is 19.4. The first-order chi connectivity index (χ1) is 13.0. The third kappa shape index (κ3) is 4.87. The first kappa shape index (κ1) is 19.8. The van der Waals surface area contributed by atoms with Gasteiger partial charge in [-0.2, -0.15) is 4.98 Å². The molecule has 0 radical (unpaired) electrons. The van der Waals surface area contributed by atoms with Crippen molar-refractivity contribution in [2.24, 2.45) is 5.92 Å². The van der Waals surface area contributed by atoms with E-state index in [9.17, 15) is 9.59 Å².